The standard InChI is InChI=1S/C16H18N4O3S/c1-3-10(13(21)17-16-19-18-7(2)24-16)20-14(22)11-8-4-5-9(6-8)12(11)15(20)23/h4-5,8-12H,3,6H2,1-2H3,(H,17,19,21). The fourth-order valence-corrected chi connectivity index (χ4v) is 4.85. The Morgan fingerprint density at radius 2 is 1.92 bits per heavy atom. The molecule has 1 aromatic heterocycles. The molecule has 7 nitrogen and oxygen atoms in total. The second-order valence-corrected chi connectivity index (χ2v) is 7.77. The van der Waals surface area contributed by atoms with Gasteiger partial charge in [0.15, 0.2) is 0 Å². The largest absolute Gasteiger partial charge is 0.299 e. The molecule has 5 unspecified atom stereocenters. The molecule has 1 aromatic rings. The summed E-state index contributed by atoms with van der Waals surface area (Å²) in [5.74, 6) is -1.04. The normalized spacial score (nSPS) is 31.7. The zero-order valence-electron chi connectivity index (χ0n) is 13.4. The Morgan fingerprint density at radius 3 is 2.42 bits per heavy atom. The SMILES string of the molecule is CCC(C(=O)Nc1nnc(C)s1)N1C(=O)C2C3C=CC(C3)C2C1=O. The Balaban J connectivity index is 1.56. The summed E-state index contributed by atoms with van der Waals surface area (Å²) in [5.41, 5.74) is 0. The van der Waals surface area contributed by atoms with Crippen LogP contribution >= 0.6 is 11.3 Å². The summed E-state index contributed by atoms with van der Waals surface area (Å²) in [5, 5.41) is 11.5. The Morgan fingerprint density at radius 1 is 1.29 bits per heavy atom. The van der Waals surface area contributed by atoms with E-state index < -0.39 is 6.04 Å². The van der Waals surface area contributed by atoms with Gasteiger partial charge in [0.1, 0.15) is 11.0 Å². The van der Waals surface area contributed by atoms with E-state index in [0.717, 1.165) is 11.4 Å². The molecule has 5 atom stereocenters. The van der Waals surface area contributed by atoms with Crippen LogP contribution in [0.5, 0.6) is 0 Å². The van der Waals surface area contributed by atoms with Crippen LogP contribution in [0.1, 0.15) is 24.8 Å². The third-order valence-corrected chi connectivity index (χ3v) is 6.02. The second-order valence-electron chi connectivity index (χ2n) is 6.59. The number of aromatic nitrogens is 2. The van der Waals surface area contributed by atoms with E-state index >= 15 is 0 Å². The van der Waals surface area contributed by atoms with Gasteiger partial charge in [0, 0.05) is 0 Å². The third-order valence-electron chi connectivity index (χ3n) is 5.26. The van der Waals surface area contributed by atoms with E-state index in [0.29, 0.717) is 11.6 Å². The molecule has 2 fully saturated rings. The van der Waals surface area contributed by atoms with E-state index in [1.165, 1.54) is 16.2 Å². The summed E-state index contributed by atoms with van der Waals surface area (Å²) in [6.45, 7) is 3.60. The van der Waals surface area contributed by atoms with Gasteiger partial charge in [-0.3, -0.25) is 24.6 Å². The molecule has 2 heterocycles. The number of carbonyl (C=O) groups is 3. The maximum absolute atomic E-state index is 12.8. The molecule has 8 heteroatoms. The predicted molar refractivity (Wildman–Crippen MR) is 86.9 cm³/mol. The summed E-state index contributed by atoms with van der Waals surface area (Å²) in [4.78, 5) is 39.4. The zero-order valence-corrected chi connectivity index (χ0v) is 14.2. The minimum Gasteiger partial charge on any atom is -0.299 e. The zero-order chi connectivity index (χ0) is 17.0. The van der Waals surface area contributed by atoms with E-state index in [1.54, 1.807) is 13.8 Å². The lowest BCUT2D eigenvalue weighted by atomic mass is 9.85. The first-order valence-corrected chi connectivity index (χ1v) is 8.99. The number of rotatable bonds is 4. The molecule has 1 N–H and O–H groups in total. The van der Waals surface area contributed by atoms with Crippen LogP contribution in [-0.4, -0.2) is 38.9 Å². The minimum atomic E-state index is -0.792. The number of allylic oxidation sites excluding steroid dienone is 2. The fourth-order valence-electron chi connectivity index (χ4n) is 4.25. The maximum Gasteiger partial charge on any atom is 0.249 e. The first kappa shape index (κ1) is 15.4. The van der Waals surface area contributed by atoms with Gasteiger partial charge in [-0.2, -0.15) is 0 Å². The van der Waals surface area contributed by atoms with Crippen molar-refractivity contribution in [3.05, 3.63) is 17.2 Å². The van der Waals surface area contributed by atoms with E-state index in [2.05, 4.69) is 15.5 Å². The van der Waals surface area contributed by atoms with Gasteiger partial charge in [-0.15, -0.1) is 10.2 Å². The number of amides is 3. The highest BCUT2D eigenvalue weighted by atomic mass is 32.1. The van der Waals surface area contributed by atoms with Crippen molar-refractivity contribution in [3.63, 3.8) is 0 Å². The van der Waals surface area contributed by atoms with Crippen LogP contribution in [0, 0.1) is 30.6 Å². The van der Waals surface area contributed by atoms with Gasteiger partial charge in [0.25, 0.3) is 0 Å². The molecule has 126 valence electrons. The lowest BCUT2D eigenvalue weighted by Gasteiger charge is -2.25. The molecule has 0 radical (unpaired) electrons. The van der Waals surface area contributed by atoms with Crippen molar-refractivity contribution >= 4 is 34.2 Å². The van der Waals surface area contributed by atoms with Gasteiger partial charge in [-0.25, -0.2) is 0 Å². The first-order valence-electron chi connectivity index (χ1n) is 8.17. The van der Waals surface area contributed by atoms with Gasteiger partial charge in [0.2, 0.25) is 22.9 Å². The van der Waals surface area contributed by atoms with Crippen molar-refractivity contribution in [2.75, 3.05) is 5.32 Å². The van der Waals surface area contributed by atoms with Crippen LogP contribution in [0.3, 0.4) is 0 Å². The Hall–Kier alpha value is -2.09. The molecule has 1 saturated carbocycles. The molecule has 0 spiro atoms. The summed E-state index contributed by atoms with van der Waals surface area (Å²) in [7, 11) is 0. The number of nitrogens with one attached hydrogen (secondary N) is 1. The van der Waals surface area contributed by atoms with Crippen LogP contribution in [0.4, 0.5) is 5.13 Å². The van der Waals surface area contributed by atoms with Gasteiger partial charge in [-0.05, 0) is 31.6 Å². The molecule has 2 aliphatic carbocycles. The Kier molecular flexibility index (Phi) is 3.52. The molecule has 3 amide bonds. The summed E-state index contributed by atoms with van der Waals surface area (Å²) < 4.78 is 0. The van der Waals surface area contributed by atoms with Crippen molar-refractivity contribution in [1.82, 2.24) is 15.1 Å². The molecule has 1 aliphatic heterocycles. The summed E-state index contributed by atoms with van der Waals surface area (Å²) >= 11 is 1.26. The molecule has 24 heavy (non-hydrogen) atoms. The number of fused-ring (bicyclic) bond motifs is 5. The number of imide groups is 1. The van der Waals surface area contributed by atoms with E-state index in [4.69, 9.17) is 0 Å². The number of nitrogens with zero attached hydrogens (tertiary/aromatic N) is 3. The molecule has 4 rings (SSSR count). The number of anilines is 1. The van der Waals surface area contributed by atoms with Crippen molar-refractivity contribution in [2.24, 2.45) is 23.7 Å². The Labute approximate surface area is 143 Å². The van der Waals surface area contributed by atoms with Gasteiger partial charge in [0.05, 0.1) is 11.8 Å². The lowest BCUT2D eigenvalue weighted by Crippen LogP contribution is -2.48. The average Bonchev–Trinajstić information content (AvgIpc) is 3.29. The first-order chi connectivity index (χ1) is 11.5. The maximum atomic E-state index is 12.8. The van der Waals surface area contributed by atoms with Crippen LogP contribution in [0.2, 0.25) is 0 Å². The Bertz CT molecular complexity index is 728. The van der Waals surface area contributed by atoms with Gasteiger partial charge in [-0.1, -0.05) is 30.4 Å². The number of aryl methyl sites for hydroxylation is 1. The second kappa shape index (κ2) is 5.47. The highest BCUT2D eigenvalue weighted by molar-refractivity contribution is 7.15. The average molecular weight is 346 g/mol. The molecule has 0 aromatic carbocycles. The van der Waals surface area contributed by atoms with E-state index in [9.17, 15) is 14.4 Å². The highest BCUT2D eigenvalue weighted by Gasteiger charge is 2.60. The molecular weight excluding hydrogens is 328 g/mol. The van der Waals surface area contributed by atoms with Crippen molar-refractivity contribution in [1.29, 1.82) is 0 Å². The van der Waals surface area contributed by atoms with Crippen LogP contribution in [0.25, 0.3) is 0 Å². The fraction of sp³-hybridized carbons (Fsp3) is 0.562. The topological polar surface area (TPSA) is 92.3 Å². The van der Waals surface area contributed by atoms with Gasteiger partial charge >= 0.3 is 0 Å². The molecule has 3 aliphatic rings. The van der Waals surface area contributed by atoms with Crippen molar-refractivity contribution < 1.29 is 14.4 Å². The molecular formula is C16H18N4O3S. The summed E-state index contributed by atoms with van der Waals surface area (Å²) in [6.07, 6.45) is 5.36. The molecule has 1 saturated heterocycles. The smallest absolute Gasteiger partial charge is 0.249 e. The summed E-state index contributed by atoms with van der Waals surface area (Å²) in [6, 6.07) is -0.792. The quantitative estimate of drug-likeness (QED) is 0.657. The minimum absolute atomic E-state index is 0.146. The number of hydrogen-bond acceptors (Lipinski definition) is 6. The lowest BCUT2D eigenvalue weighted by molar-refractivity contribution is -0.147. The highest BCUT2D eigenvalue weighted by Crippen LogP contribution is 2.53. The number of hydrogen-bond donors (Lipinski definition) is 1. The number of carbonyl (C=O) groups excluding carboxylic acids is 3. The van der Waals surface area contributed by atoms with E-state index in [1.807, 2.05) is 12.2 Å². The van der Waals surface area contributed by atoms with Crippen molar-refractivity contribution in [2.45, 2.75) is 32.7 Å². The predicted octanol–water partition coefficient (Wildman–Crippen LogP) is 1.37. The number of likely N-dealkylation sites (tertiary alicyclic amines) is 1. The molecule has 2 bridgehead atoms. The van der Waals surface area contributed by atoms with Crippen molar-refractivity contribution in [3.8, 4) is 0 Å². The van der Waals surface area contributed by atoms with Crippen LogP contribution < -0.4 is 5.32 Å². The monoisotopic (exact) mass is 346 g/mol. The van der Waals surface area contributed by atoms with E-state index in [-0.39, 0.29) is 41.4 Å². The van der Waals surface area contributed by atoms with Crippen LogP contribution in [0.15, 0.2) is 12.2 Å². The van der Waals surface area contributed by atoms with Crippen LogP contribution in [-0.2, 0) is 14.4 Å². The van der Waals surface area contributed by atoms with Gasteiger partial charge < -0.3 is 0 Å². The third kappa shape index (κ3) is 2.12.